The van der Waals surface area contributed by atoms with Crippen molar-refractivity contribution < 1.29 is 13.2 Å². The number of rotatable bonds is 7. The topological polar surface area (TPSA) is 66.5 Å². The fourth-order valence-electron chi connectivity index (χ4n) is 2.24. The molecule has 24 heavy (non-hydrogen) atoms. The van der Waals surface area contributed by atoms with Crippen LogP contribution in [0.1, 0.15) is 18.4 Å². The third-order valence-corrected chi connectivity index (χ3v) is 5.46. The largest absolute Gasteiger partial charge is 0.326 e. The van der Waals surface area contributed by atoms with Gasteiger partial charge in [0.25, 0.3) is 0 Å². The summed E-state index contributed by atoms with van der Waals surface area (Å²) in [6.07, 6.45) is 2.05. The maximum absolute atomic E-state index is 12.0. The van der Waals surface area contributed by atoms with Crippen molar-refractivity contribution in [1.29, 1.82) is 0 Å². The van der Waals surface area contributed by atoms with Gasteiger partial charge in [-0.05, 0) is 42.7 Å². The molecule has 0 saturated heterocycles. The van der Waals surface area contributed by atoms with Crippen LogP contribution in [0.15, 0.2) is 59.5 Å². The van der Waals surface area contributed by atoms with Gasteiger partial charge in [0.15, 0.2) is 0 Å². The molecule has 0 radical (unpaired) electrons. The standard InChI is InChI=1S/C18H22N2O3S/c1-20(2)24(22,23)17-13-11-16(12-14-17)19-18(21)10-6-9-15-7-4-3-5-8-15/h3-5,7-8,11-14H,6,9-10H2,1-2H3,(H,19,21). The Hall–Kier alpha value is -2.18. The molecule has 0 atom stereocenters. The number of anilines is 1. The second kappa shape index (κ2) is 8.08. The van der Waals surface area contributed by atoms with Gasteiger partial charge in [-0.1, -0.05) is 30.3 Å². The maximum atomic E-state index is 12.0. The van der Waals surface area contributed by atoms with Crippen LogP contribution in [0.3, 0.4) is 0 Å². The molecule has 0 saturated carbocycles. The zero-order valence-corrected chi connectivity index (χ0v) is 14.7. The average Bonchev–Trinajstić information content (AvgIpc) is 2.56. The van der Waals surface area contributed by atoms with Crippen molar-refractivity contribution in [2.24, 2.45) is 0 Å². The van der Waals surface area contributed by atoms with Gasteiger partial charge in [0.2, 0.25) is 15.9 Å². The highest BCUT2D eigenvalue weighted by Gasteiger charge is 2.16. The number of benzene rings is 2. The predicted octanol–water partition coefficient (Wildman–Crippen LogP) is 2.90. The first-order valence-corrected chi connectivity index (χ1v) is 9.20. The Bertz CT molecular complexity index is 770. The maximum Gasteiger partial charge on any atom is 0.242 e. The Morgan fingerprint density at radius 2 is 1.62 bits per heavy atom. The smallest absolute Gasteiger partial charge is 0.242 e. The van der Waals surface area contributed by atoms with Crippen LogP contribution in [0, 0.1) is 0 Å². The first-order valence-electron chi connectivity index (χ1n) is 7.76. The molecule has 1 N–H and O–H groups in total. The fourth-order valence-corrected chi connectivity index (χ4v) is 3.14. The summed E-state index contributed by atoms with van der Waals surface area (Å²) < 4.78 is 25.1. The van der Waals surface area contributed by atoms with Crippen LogP contribution in [-0.2, 0) is 21.2 Å². The van der Waals surface area contributed by atoms with E-state index in [0.717, 1.165) is 17.1 Å². The SMILES string of the molecule is CN(C)S(=O)(=O)c1ccc(NC(=O)CCCc2ccccc2)cc1. The van der Waals surface area contributed by atoms with Crippen molar-refractivity contribution in [3.05, 3.63) is 60.2 Å². The van der Waals surface area contributed by atoms with Crippen molar-refractivity contribution in [3.63, 3.8) is 0 Å². The van der Waals surface area contributed by atoms with Crippen LogP contribution < -0.4 is 5.32 Å². The molecule has 2 aromatic carbocycles. The summed E-state index contributed by atoms with van der Waals surface area (Å²) in [7, 11) is -0.479. The molecule has 0 aliphatic carbocycles. The summed E-state index contributed by atoms with van der Waals surface area (Å²) in [4.78, 5) is 12.2. The van der Waals surface area contributed by atoms with Crippen LogP contribution in [0.2, 0.25) is 0 Å². The van der Waals surface area contributed by atoms with Gasteiger partial charge in [0.1, 0.15) is 0 Å². The molecule has 2 rings (SSSR count). The van der Waals surface area contributed by atoms with Crippen molar-refractivity contribution in [2.75, 3.05) is 19.4 Å². The monoisotopic (exact) mass is 346 g/mol. The third kappa shape index (κ3) is 4.91. The molecule has 128 valence electrons. The van der Waals surface area contributed by atoms with Crippen LogP contribution >= 0.6 is 0 Å². The summed E-state index contributed by atoms with van der Waals surface area (Å²) >= 11 is 0. The number of amides is 1. The van der Waals surface area contributed by atoms with Gasteiger partial charge < -0.3 is 5.32 Å². The summed E-state index contributed by atoms with van der Waals surface area (Å²) in [6.45, 7) is 0. The Kier molecular flexibility index (Phi) is 6.11. The molecule has 0 spiro atoms. The summed E-state index contributed by atoms with van der Waals surface area (Å²) in [6, 6.07) is 16.2. The second-order valence-corrected chi connectivity index (χ2v) is 7.85. The quantitative estimate of drug-likeness (QED) is 0.838. The Labute approximate surface area is 143 Å². The molecule has 6 heteroatoms. The van der Waals surface area contributed by atoms with Gasteiger partial charge in [-0.25, -0.2) is 12.7 Å². The average molecular weight is 346 g/mol. The van der Waals surface area contributed by atoms with Gasteiger partial charge >= 0.3 is 0 Å². The molecule has 0 unspecified atom stereocenters. The highest BCUT2D eigenvalue weighted by atomic mass is 32.2. The van der Waals surface area contributed by atoms with Gasteiger partial charge in [-0.2, -0.15) is 0 Å². The molecular weight excluding hydrogens is 324 g/mol. The van der Waals surface area contributed by atoms with Crippen LogP contribution in [-0.4, -0.2) is 32.7 Å². The summed E-state index contributed by atoms with van der Waals surface area (Å²) in [5.41, 5.74) is 1.81. The van der Waals surface area contributed by atoms with E-state index in [-0.39, 0.29) is 10.8 Å². The lowest BCUT2D eigenvalue weighted by atomic mass is 10.1. The first-order chi connectivity index (χ1) is 11.4. The number of hydrogen-bond acceptors (Lipinski definition) is 3. The number of nitrogens with zero attached hydrogens (tertiary/aromatic N) is 1. The summed E-state index contributed by atoms with van der Waals surface area (Å²) in [5, 5.41) is 2.79. The minimum atomic E-state index is -3.45. The molecule has 0 heterocycles. The van der Waals surface area contributed by atoms with E-state index in [1.807, 2.05) is 30.3 Å². The van der Waals surface area contributed by atoms with Gasteiger partial charge in [-0.3, -0.25) is 4.79 Å². The van der Waals surface area contributed by atoms with Crippen LogP contribution in [0.25, 0.3) is 0 Å². The molecule has 0 aromatic heterocycles. The zero-order chi connectivity index (χ0) is 17.6. The first kappa shape index (κ1) is 18.2. The molecule has 0 aliphatic rings. The number of sulfonamides is 1. The van der Waals surface area contributed by atoms with Crippen LogP contribution in [0.4, 0.5) is 5.69 Å². The molecular formula is C18H22N2O3S. The number of hydrogen-bond donors (Lipinski definition) is 1. The second-order valence-electron chi connectivity index (χ2n) is 5.70. The van der Waals surface area contributed by atoms with Crippen molar-refractivity contribution >= 4 is 21.6 Å². The van der Waals surface area contributed by atoms with Crippen molar-refractivity contribution in [1.82, 2.24) is 4.31 Å². The van der Waals surface area contributed by atoms with Gasteiger partial charge in [0.05, 0.1) is 4.90 Å². The fraction of sp³-hybridized carbons (Fsp3) is 0.278. The van der Waals surface area contributed by atoms with E-state index in [4.69, 9.17) is 0 Å². The van der Waals surface area contributed by atoms with E-state index in [9.17, 15) is 13.2 Å². The summed E-state index contributed by atoms with van der Waals surface area (Å²) in [5.74, 6) is -0.0749. The lowest BCUT2D eigenvalue weighted by Gasteiger charge is -2.12. The van der Waals surface area contributed by atoms with E-state index < -0.39 is 10.0 Å². The van der Waals surface area contributed by atoms with E-state index in [1.54, 1.807) is 12.1 Å². The van der Waals surface area contributed by atoms with Crippen LogP contribution in [0.5, 0.6) is 0 Å². The molecule has 5 nitrogen and oxygen atoms in total. The van der Waals surface area contributed by atoms with E-state index >= 15 is 0 Å². The lowest BCUT2D eigenvalue weighted by molar-refractivity contribution is -0.116. The molecule has 0 fully saturated rings. The normalized spacial score (nSPS) is 11.5. The molecule has 0 aliphatic heterocycles. The van der Waals surface area contributed by atoms with E-state index in [0.29, 0.717) is 12.1 Å². The van der Waals surface area contributed by atoms with Gasteiger partial charge in [-0.15, -0.1) is 0 Å². The van der Waals surface area contributed by atoms with Gasteiger partial charge in [0, 0.05) is 26.2 Å². The van der Waals surface area contributed by atoms with E-state index in [1.165, 1.54) is 31.8 Å². The van der Waals surface area contributed by atoms with Crippen molar-refractivity contribution in [2.45, 2.75) is 24.2 Å². The lowest BCUT2D eigenvalue weighted by Crippen LogP contribution is -2.22. The minimum Gasteiger partial charge on any atom is -0.326 e. The number of nitrogens with one attached hydrogen (secondary N) is 1. The third-order valence-electron chi connectivity index (χ3n) is 3.63. The Morgan fingerprint density at radius 1 is 1.00 bits per heavy atom. The predicted molar refractivity (Wildman–Crippen MR) is 95.3 cm³/mol. The number of aryl methyl sites for hydroxylation is 1. The number of carbonyl (C=O) groups excluding carboxylic acids is 1. The molecule has 1 amide bonds. The zero-order valence-electron chi connectivity index (χ0n) is 13.9. The Morgan fingerprint density at radius 3 is 2.21 bits per heavy atom. The Balaban J connectivity index is 1.86. The van der Waals surface area contributed by atoms with E-state index in [2.05, 4.69) is 5.32 Å². The number of carbonyl (C=O) groups is 1. The molecule has 2 aromatic rings. The van der Waals surface area contributed by atoms with Crippen molar-refractivity contribution in [3.8, 4) is 0 Å². The molecule has 0 bridgehead atoms. The highest BCUT2D eigenvalue weighted by Crippen LogP contribution is 2.17. The minimum absolute atomic E-state index is 0.0749. The highest BCUT2D eigenvalue weighted by molar-refractivity contribution is 7.89.